The van der Waals surface area contributed by atoms with E-state index in [0.717, 1.165) is 0 Å². The second-order valence-electron chi connectivity index (χ2n) is 4.38. The second kappa shape index (κ2) is 6.92. The van der Waals surface area contributed by atoms with Crippen LogP contribution in [0.2, 0.25) is 0 Å². The Hall–Kier alpha value is -1.31. The van der Waals surface area contributed by atoms with Crippen molar-refractivity contribution in [2.75, 3.05) is 20.8 Å². The normalized spacial score (nSPS) is 13.1. The highest BCUT2D eigenvalue weighted by molar-refractivity contribution is 7.89. The van der Waals surface area contributed by atoms with Gasteiger partial charge in [-0.1, -0.05) is 6.92 Å². The van der Waals surface area contributed by atoms with Crippen LogP contribution in [0.15, 0.2) is 17.0 Å². The van der Waals surface area contributed by atoms with Gasteiger partial charge in [-0.3, -0.25) is 0 Å². The van der Waals surface area contributed by atoms with E-state index in [1.165, 1.54) is 20.3 Å². The number of rotatable bonds is 7. The molecule has 0 saturated carbocycles. The molecule has 114 valence electrons. The largest absolute Gasteiger partial charge is 0.493 e. The summed E-state index contributed by atoms with van der Waals surface area (Å²) < 4.78 is 37.4. The average molecular weight is 303 g/mol. The van der Waals surface area contributed by atoms with Crippen LogP contribution < -0.4 is 14.2 Å². The minimum absolute atomic E-state index is 0.113. The van der Waals surface area contributed by atoms with E-state index in [1.807, 2.05) is 0 Å². The Morgan fingerprint density at radius 2 is 1.80 bits per heavy atom. The fourth-order valence-electron chi connectivity index (χ4n) is 1.78. The summed E-state index contributed by atoms with van der Waals surface area (Å²) in [5.74, 6) is 0.814. The summed E-state index contributed by atoms with van der Waals surface area (Å²) in [6, 6.07) is 2.51. The van der Waals surface area contributed by atoms with Crippen LogP contribution in [0.3, 0.4) is 0 Å². The van der Waals surface area contributed by atoms with Crippen LogP contribution >= 0.6 is 0 Å². The molecule has 2 N–H and O–H groups in total. The first-order valence-corrected chi connectivity index (χ1v) is 7.73. The molecule has 1 rings (SSSR count). The van der Waals surface area contributed by atoms with E-state index in [4.69, 9.17) is 14.6 Å². The number of hydrogen-bond acceptors (Lipinski definition) is 5. The summed E-state index contributed by atoms with van der Waals surface area (Å²) in [6.07, 6.45) is 0.502. The van der Waals surface area contributed by atoms with Crippen LogP contribution in [0.5, 0.6) is 11.5 Å². The van der Waals surface area contributed by atoms with Crippen molar-refractivity contribution < 1.29 is 23.0 Å². The molecule has 0 aliphatic heterocycles. The monoisotopic (exact) mass is 303 g/mol. The van der Waals surface area contributed by atoms with Gasteiger partial charge in [0.25, 0.3) is 0 Å². The Kier molecular flexibility index (Phi) is 5.79. The molecule has 0 radical (unpaired) electrons. The smallest absolute Gasteiger partial charge is 0.241 e. The van der Waals surface area contributed by atoms with Crippen molar-refractivity contribution >= 4 is 10.0 Å². The zero-order valence-corrected chi connectivity index (χ0v) is 13.0. The molecule has 1 atom stereocenters. The number of aryl methyl sites for hydroxylation is 1. The number of ether oxygens (including phenoxy) is 2. The molecule has 0 saturated heterocycles. The van der Waals surface area contributed by atoms with Crippen molar-refractivity contribution in [3.63, 3.8) is 0 Å². The van der Waals surface area contributed by atoms with Crippen LogP contribution in [0.25, 0.3) is 0 Å². The zero-order valence-electron chi connectivity index (χ0n) is 12.1. The molecule has 0 heterocycles. The van der Waals surface area contributed by atoms with Crippen LogP contribution in [0.1, 0.15) is 18.9 Å². The maximum absolute atomic E-state index is 12.3. The molecule has 0 aromatic heterocycles. The van der Waals surface area contributed by atoms with E-state index < -0.39 is 16.1 Å². The first kappa shape index (κ1) is 16.7. The summed E-state index contributed by atoms with van der Waals surface area (Å²) in [5, 5.41) is 9.12. The number of benzene rings is 1. The molecule has 0 aliphatic carbocycles. The number of nitrogens with one attached hydrogen (secondary N) is 1. The topological polar surface area (TPSA) is 84.9 Å². The summed E-state index contributed by atoms with van der Waals surface area (Å²) in [7, 11) is -0.785. The molecule has 1 aromatic carbocycles. The van der Waals surface area contributed by atoms with E-state index in [-0.39, 0.29) is 11.5 Å². The fourth-order valence-corrected chi connectivity index (χ4v) is 3.34. The Balaban J connectivity index is 3.24. The van der Waals surface area contributed by atoms with Gasteiger partial charge in [0, 0.05) is 12.1 Å². The lowest BCUT2D eigenvalue weighted by Gasteiger charge is -2.17. The van der Waals surface area contributed by atoms with Crippen LogP contribution in [-0.4, -0.2) is 40.4 Å². The maximum Gasteiger partial charge on any atom is 0.241 e. The number of sulfonamides is 1. The van der Waals surface area contributed by atoms with Crippen molar-refractivity contribution in [2.45, 2.75) is 31.2 Å². The number of aliphatic hydroxyl groups is 1. The summed E-state index contributed by atoms with van der Waals surface area (Å²) in [4.78, 5) is 0.113. The van der Waals surface area contributed by atoms with Gasteiger partial charge in [0.05, 0.1) is 25.7 Å². The molecule has 0 aliphatic rings. The van der Waals surface area contributed by atoms with Crippen molar-refractivity contribution in [2.24, 2.45) is 0 Å². The van der Waals surface area contributed by atoms with Crippen molar-refractivity contribution in [3.8, 4) is 11.5 Å². The number of hydrogen-bond donors (Lipinski definition) is 2. The Morgan fingerprint density at radius 3 is 2.25 bits per heavy atom. The molecule has 0 bridgehead atoms. The van der Waals surface area contributed by atoms with Gasteiger partial charge in [0.1, 0.15) is 0 Å². The van der Waals surface area contributed by atoms with E-state index in [2.05, 4.69) is 4.72 Å². The SMILES string of the molecule is CC[C@H](CO)NS(=O)(=O)c1cc(OC)c(OC)cc1C. The van der Waals surface area contributed by atoms with Gasteiger partial charge < -0.3 is 14.6 Å². The van der Waals surface area contributed by atoms with Crippen LogP contribution in [-0.2, 0) is 10.0 Å². The molecular formula is C13H21NO5S. The Labute approximate surface area is 119 Å². The lowest BCUT2D eigenvalue weighted by atomic mass is 10.2. The standard InChI is InChI=1S/C13H21NO5S/c1-5-10(8-15)14-20(16,17)13-7-12(19-4)11(18-3)6-9(13)2/h6-7,10,14-15H,5,8H2,1-4H3/t10-/m1/s1. The third-order valence-corrected chi connectivity index (χ3v) is 4.67. The maximum atomic E-state index is 12.3. The first-order chi connectivity index (χ1) is 9.39. The third-order valence-electron chi connectivity index (χ3n) is 3.01. The van der Waals surface area contributed by atoms with Gasteiger partial charge in [0.15, 0.2) is 11.5 Å². The minimum Gasteiger partial charge on any atom is -0.493 e. The number of methoxy groups -OCH3 is 2. The second-order valence-corrected chi connectivity index (χ2v) is 6.06. The predicted molar refractivity (Wildman–Crippen MR) is 75.8 cm³/mol. The summed E-state index contributed by atoms with van der Waals surface area (Å²) >= 11 is 0. The van der Waals surface area contributed by atoms with E-state index in [0.29, 0.717) is 23.5 Å². The molecule has 0 fully saturated rings. The fraction of sp³-hybridized carbons (Fsp3) is 0.538. The van der Waals surface area contributed by atoms with Gasteiger partial charge in [-0.15, -0.1) is 0 Å². The number of aliphatic hydroxyl groups excluding tert-OH is 1. The Bertz CT molecular complexity index is 552. The van der Waals surface area contributed by atoms with E-state index in [9.17, 15) is 8.42 Å². The molecule has 0 amide bonds. The van der Waals surface area contributed by atoms with Gasteiger partial charge in [-0.05, 0) is 25.0 Å². The van der Waals surface area contributed by atoms with Gasteiger partial charge in [-0.25, -0.2) is 13.1 Å². The van der Waals surface area contributed by atoms with Crippen LogP contribution in [0.4, 0.5) is 0 Å². The van der Waals surface area contributed by atoms with Gasteiger partial charge in [-0.2, -0.15) is 0 Å². The van der Waals surface area contributed by atoms with Crippen molar-refractivity contribution in [1.29, 1.82) is 0 Å². The van der Waals surface area contributed by atoms with Crippen LogP contribution in [0, 0.1) is 6.92 Å². The van der Waals surface area contributed by atoms with Gasteiger partial charge in [0.2, 0.25) is 10.0 Å². The molecule has 0 unspecified atom stereocenters. The average Bonchev–Trinajstić information content (AvgIpc) is 2.43. The lowest BCUT2D eigenvalue weighted by Crippen LogP contribution is -2.37. The molecule has 7 heteroatoms. The lowest BCUT2D eigenvalue weighted by molar-refractivity contribution is 0.254. The van der Waals surface area contributed by atoms with Gasteiger partial charge >= 0.3 is 0 Å². The first-order valence-electron chi connectivity index (χ1n) is 6.25. The summed E-state index contributed by atoms with van der Waals surface area (Å²) in [6.45, 7) is 3.23. The highest BCUT2D eigenvalue weighted by atomic mass is 32.2. The quantitative estimate of drug-likeness (QED) is 0.787. The zero-order chi connectivity index (χ0) is 15.3. The van der Waals surface area contributed by atoms with Crippen molar-refractivity contribution in [3.05, 3.63) is 17.7 Å². The van der Waals surface area contributed by atoms with E-state index >= 15 is 0 Å². The molecule has 20 heavy (non-hydrogen) atoms. The Morgan fingerprint density at radius 1 is 1.25 bits per heavy atom. The molecular weight excluding hydrogens is 282 g/mol. The van der Waals surface area contributed by atoms with Crippen molar-refractivity contribution in [1.82, 2.24) is 4.72 Å². The van der Waals surface area contributed by atoms with E-state index in [1.54, 1.807) is 19.9 Å². The molecule has 6 nitrogen and oxygen atoms in total. The highest BCUT2D eigenvalue weighted by Crippen LogP contribution is 2.32. The minimum atomic E-state index is -3.72. The summed E-state index contributed by atoms with van der Waals surface area (Å²) in [5.41, 5.74) is 0.544. The highest BCUT2D eigenvalue weighted by Gasteiger charge is 2.22. The molecule has 1 aromatic rings. The molecule has 0 spiro atoms. The third kappa shape index (κ3) is 3.62. The predicted octanol–water partition coefficient (Wildman–Crippen LogP) is 1.06.